The zero-order valence-corrected chi connectivity index (χ0v) is 16.8. The molecule has 2 aromatic heterocycles. The lowest BCUT2D eigenvalue weighted by Crippen LogP contribution is -2.16. The van der Waals surface area contributed by atoms with Crippen LogP contribution in [-0.4, -0.2) is 5.91 Å². The quantitative estimate of drug-likeness (QED) is 0.471. The third-order valence-corrected chi connectivity index (χ3v) is 5.42. The molecular weight excluding hydrogens is 366 g/mol. The van der Waals surface area contributed by atoms with Crippen LogP contribution in [0, 0.1) is 13.8 Å². The number of amides is 1. The fourth-order valence-corrected chi connectivity index (χ4v) is 3.61. The van der Waals surface area contributed by atoms with Crippen molar-refractivity contribution in [2.75, 3.05) is 5.32 Å². The summed E-state index contributed by atoms with van der Waals surface area (Å²) in [4.78, 5) is 24.9. The molecule has 4 rings (SSSR count). The van der Waals surface area contributed by atoms with Crippen LogP contribution in [0.1, 0.15) is 35.6 Å². The molecule has 0 atom stereocenters. The van der Waals surface area contributed by atoms with E-state index < -0.39 is 5.63 Å². The van der Waals surface area contributed by atoms with Crippen LogP contribution < -0.4 is 10.9 Å². The van der Waals surface area contributed by atoms with Gasteiger partial charge < -0.3 is 14.2 Å². The van der Waals surface area contributed by atoms with Crippen LogP contribution in [0.4, 0.5) is 5.69 Å². The predicted molar refractivity (Wildman–Crippen MR) is 115 cm³/mol. The van der Waals surface area contributed by atoms with E-state index in [9.17, 15) is 9.59 Å². The lowest BCUT2D eigenvalue weighted by Gasteiger charge is -2.09. The maximum atomic E-state index is 12.5. The molecule has 1 amide bonds. The second kappa shape index (κ2) is 7.59. The number of benzene rings is 2. The smallest absolute Gasteiger partial charge is 0.339 e. The summed E-state index contributed by atoms with van der Waals surface area (Å²) in [6.07, 6.45) is 3.18. The van der Waals surface area contributed by atoms with Crippen molar-refractivity contribution in [3.05, 3.63) is 75.3 Å². The number of carbonyl (C=O) groups is 1. The van der Waals surface area contributed by atoms with E-state index in [1.807, 2.05) is 44.2 Å². The third-order valence-electron chi connectivity index (χ3n) is 5.42. The van der Waals surface area contributed by atoms with Gasteiger partial charge in [0.05, 0.1) is 6.26 Å². The molecule has 0 bridgehead atoms. The number of hydrogen-bond donors (Lipinski definition) is 1. The summed E-state index contributed by atoms with van der Waals surface area (Å²) in [5.74, 6) is -0.130. The Labute approximate surface area is 168 Å². The van der Waals surface area contributed by atoms with Crippen LogP contribution in [0.15, 0.2) is 56.3 Å². The fourth-order valence-electron chi connectivity index (χ4n) is 3.61. The molecular formula is C24H23NO4. The van der Waals surface area contributed by atoms with E-state index >= 15 is 0 Å². The first kappa shape index (κ1) is 19.0. The van der Waals surface area contributed by atoms with E-state index in [1.165, 1.54) is 5.56 Å². The second-order valence-corrected chi connectivity index (χ2v) is 7.35. The van der Waals surface area contributed by atoms with E-state index in [0.717, 1.165) is 34.0 Å². The topological polar surface area (TPSA) is 72.5 Å². The molecule has 0 saturated heterocycles. The van der Waals surface area contributed by atoms with E-state index in [4.69, 9.17) is 8.83 Å². The predicted octanol–water partition coefficient (Wildman–Crippen LogP) is 5.29. The molecule has 0 radical (unpaired) electrons. The highest BCUT2D eigenvalue weighted by Gasteiger charge is 2.15. The van der Waals surface area contributed by atoms with Gasteiger partial charge in [0.25, 0.3) is 0 Å². The van der Waals surface area contributed by atoms with Gasteiger partial charge in [-0.15, -0.1) is 0 Å². The summed E-state index contributed by atoms with van der Waals surface area (Å²) in [5, 5.41) is 4.75. The maximum Gasteiger partial charge on any atom is 0.339 e. The first-order chi connectivity index (χ1) is 14.0. The number of hydrogen-bond acceptors (Lipinski definition) is 4. The van der Waals surface area contributed by atoms with Crippen molar-refractivity contribution in [2.24, 2.45) is 0 Å². The van der Waals surface area contributed by atoms with Crippen LogP contribution in [0.3, 0.4) is 0 Å². The highest BCUT2D eigenvalue weighted by atomic mass is 16.4. The first-order valence-corrected chi connectivity index (χ1v) is 9.79. The summed E-state index contributed by atoms with van der Waals surface area (Å²) in [7, 11) is 0. The number of fused-ring (bicyclic) bond motifs is 2. The molecule has 0 aliphatic heterocycles. The summed E-state index contributed by atoms with van der Waals surface area (Å²) < 4.78 is 11.0. The molecule has 5 heteroatoms. The Balaban J connectivity index is 1.56. The normalized spacial score (nSPS) is 11.3. The summed E-state index contributed by atoms with van der Waals surface area (Å²) in [5.41, 5.74) is 5.17. The summed E-state index contributed by atoms with van der Waals surface area (Å²) in [6, 6.07) is 11.5. The highest BCUT2D eigenvalue weighted by molar-refractivity contribution is 5.96. The van der Waals surface area contributed by atoms with Crippen LogP contribution in [0.5, 0.6) is 0 Å². The first-order valence-electron chi connectivity index (χ1n) is 9.79. The molecule has 29 heavy (non-hydrogen) atoms. The van der Waals surface area contributed by atoms with Gasteiger partial charge in [0, 0.05) is 34.5 Å². The zero-order valence-electron chi connectivity index (χ0n) is 16.8. The summed E-state index contributed by atoms with van der Waals surface area (Å²) >= 11 is 0. The molecule has 0 saturated carbocycles. The van der Waals surface area contributed by atoms with Gasteiger partial charge in [0.2, 0.25) is 5.91 Å². The Morgan fingerprint density at radius 3 is 2.52 bits per heavy atom. The monoisotopic (exact) mass is 389 g/mol. The standard InChI is InChI=1S/C24H23NO4/c1-4-16-5-7-17(8-6-16)25-23(26)10-9-18-15(3)20-11-19-14(2)13-28-21(19)12-22(20)29-24(18)27/h5-8,11-13H,4,9-10H2,1-3H3,(H,25,26). The molecule has 0 spiro atoms. The van der Waals surface area contributed by atoms with Crippen molar-refractivity contribution >= 4 is 33.5 Å². The van der Waals surface area contributed by atoms with Crippen molar-refractivity contribution in [3.63, 3.8) is 0 Å². The van der Waals surface area contributed by atoms with E-state index in [0.29, 0.717) is 23.2 Å². The third kappa shape index (κ3) is 3.68. The van der Waals surface area contributed by atoms with Gasteiger partial charge in [-0.2, -0.15) is 0 Å². The van der Waals surface area contributed by atoms with Crippen LogP contribution in [0.2, 0.25) is 0 Å². The Hall–Kier alpha value is -3.34. The number of nitrogens with one attached hydrogen (secondary N) is 1. The van der Waals surface area contributed by atoms with Crippen molar-refractivity contribution < 1.29 is 13.6 Å². The average Bonchev–Trinajstić information content (AvgIpc) is 3.07. The lowest BCUT2D eigenvalue weighted by atomic mass is 10.0. The van der Waals surface area contributed by atoms with Crippen molar-refractivity contribution in [1.82, 2.24) is 0 Å². The molecule has 0 aliphatic rings. The van der Waals surface area contributed by atoms with E-state index in [2.05, 4.69) is 12.2 Å². The second-order valence-electron chi connectivity index (χ2n) is 7.35. The molecule has 5 nitrogen and oxygen atoms in total. The number of aryl methyl sites for hydroxylation is 3. The lowest BCUT2D eigenvalue weighted by molar-refractivity contribution is -0.116. The number of carbonyl (C=O) groups excluding carboxylic acids is 1. The Morgan fingerprint density at radius 2 is 1.79 bits per heavy atom. The SMILES string of the molecule is CCc1ccc(NC(=O)CCc2c(C)c3cc4c(C)coc4cc3oc2=O)cc1. The molecule has 148 valence electrons. The van der Waals surface area contributed by atoms with Gasteiger partial charge in [0.1, 0.15) is 11.2 Å². The van der Waals surface area contributed by atoms with Gasteiger partial charge >= 0.3 is 5.63 Å². The van der Waals surface area contributed by atoms with Crippen LogP contribution in [0.25, 0.3) is 21.9 Å². The minimum absolute atomic E-state index is 0.130. The Bertz CT molecular complexity index is 1260. The van der Waals surface area contributed by atoms with Crippen LogP contribution in [-0.2, 0) is 17.6 Å². The zero-order chi connectivity index (χ0) is 20.5. The van der Waals surface area contributed by atoms with Gasteiger partial charge in [-0.25, -0.2) is 4.79 Å². The maximum absolute atomic E-state index is 12.5. The number of rotatable bonds is 5. The minimum Gasteiger partial charge on any atom is -0.464 e. The molecule has 2 aromatic carbocycles. The molecule has 2 heterocycles. The molecule has 0 aliphatic carbocycles. The van der Waals surface area contributed by atoms with Gasteiger partial charge in [-0.3, -0.25) is 4.79 Å². The number of anilines is 1. The molecule has 0 fully saturated rings. The molecule has 4 aromatic rings. The van der Waals surface area contributed by atoms with Crippen molar-refractivity contribution in [2.45, 2.75) is 40.0 Å². The van der Waals surface area contributed by atoms with Gasteiger partial charge in [0.15, 0.2) is 0 Å². The molecule has 0 unspecified atom stereocenters. The van der Waals surface area contributed by atoms with Gasteiger partial charge in [-0.1, -0.05) is 19.1 Å². The van der Waals surface area contributed by atoms with Crippen molar-refractivity contribution in [3.8, 4) is 0 Å². The fraction of sp³-hybridized carbons (Fsp3) is 0.250. The Kier molecular flexibility index (Phi) is 4.97. The summed E-state index contributed by atoms with van der Waals surface area (Å²) in [6.45, 7) is 5.96. The molecule has 1 N–H and O–H groups in total. The minimum atomic E-state index is -0.405. The van der Waals surface area contributed by atoms with Gasteiger partial charge in [-0.05, 0) is 61.6 Å². The largest absolute Gasteiger partial charge is 0.464 e. The number of furan rings is 1. The Morgan fingerprint density at radius 1 is 1.03 bits per heavy atom. The highest BCUT2D eigenvalue weighted by Crippen LogP contribution is 2.29. The average molecular weight is 389 g/mol. The van der Waals surface area contributed by atoms with Crippen molar-refractivity contribution in [1.29, 1.82) is 0 Å². The van der Waals surface area contributed by atoms with E-state index in [1.54, 1.807) is 12.3 Å². The van der Waals surface area contributed by atoms with Crippen LogP contribution >= 0.6 is 0 Å². The van der Waals surface area contributed by atoms with E-state index in [-0.39, 0.29) is 12.3 Å².